The molecule has 17 heavy (non-hydrogen) atoms. The van der Waals surface area contributed by atoms with E-state index in [4.69, 9.17) is 5.11 Å². The van der Waals surface area contributed by atoms with Gasteiger partial charge in [0.15, 0.2) is 0 Å². The van der Waals surface area contributed by atoms with Gasteiger partial charge in [0.1, 0.15) is 0 Å². The van der Waals surface area contributed by atoms with Crippen molar-refractivity contribution in [1.82, 2.24) is 4.31 Å². The van der Waals surface area contributed by atoms with Crippen LogP contribution in [0.25, 0.3) is 0 Å². The fourth-order valence-electron chi connectivity index (χ4n) is 1.74. The molecule has 0 saturated carbocycles. The molecular formula is C11H15NO3S2. The van der Waals surface area contributed by atoms with Crippen molar-refractivity contribution in [1.29, 1.82) is 0 Å². The molecule has 0 bridgehead atoms. The van der Waals surface area contributed by atoms with Gasteiger partial charge in [0, 0.05) is 30.5 Å². The molecule has 0 unspecified atom stereocenters. The van der Waals surface area contributed by atoms with Gasteiger partial charge in [-0.3, -0.25) is 0 Å². The third-order valence-corrected chi connectivity index (χ3v) is 5.41. The summed E-state index contributed by atoms with van der Waals surface area (Å²) in [7, 11) is -3.37. The minimum atomic E-state index is -3.37. The molecule has 0 radical (unpaired) electrons. The number of benzene rings is 1. The summed E-state index contributed by atoms with van der Waals surface area (Å²) in [6, 6.07) is 6.94. The number of aliphatic hydroxyl groups is 1. The van der Waals surface area contributed by atoms with Gasteiger partial charge < -0.3 is 5.11 Å². The fraction of sp³-hybridized carbons (Fsp3) is 0.455. The highest BCUT2D eigenvalue weighted by atomic mass is 32.2. The molecule has 1 aromatic rings. The van der Waals surface area contributed by atoms with Crippen LogP contribution in [0.5, 0.6) is 0 Å². The van der Waals surface area contributed by atoms with Gasteiger partial charge in [0.2, 0.25) is 10.0 Å². The fourth-order valence-corrected chi connectivity index (χ4v) is 3.92. The first-order valence-corrected chi connectivity index (χ1v) is 7.99. The van der Waals surface area contributed by atoms with Gasteiger partial charge in [0.05, 0.1) is 4.90 Å². The zero-order valence-corrected chi connectivity index (χ0v) is 11.2. The van der Waals surface area contributed by atoms with E-state index in [1.165, 1.54) is 16.1 Å². The van der Waals surface area contributed by atoms with Crippen LogP contribution < -0.4 is 0 Å². The highest BCUT2D eigenvalue weighted by Crippen LogP contribution is 2.26. The minimum Gasteiger partial charge on any atom is -0.396 e. The van der Waals surface area contributed by atoms with E-state index in [2.05, 4.69) is 0 Å². The summed E-state index contributed by atoms with van der Waals surface area (Å²) in [6.07, 6.45) is 1.91. The number of thioether (sulfide) groups is 1. The van der Waals surface area contributed by atoms with Gasteiger partial charge in [0.25, 0.3) is 0 Å². The van der Waals surface area contributed by atoms with Crippen LogP contribution in [0.2, 0.25) is 0 Å². The smallest absolute Gasteiger partial charge is 0.243 e. The van der Waals surface area contributed by atoms with Crippen LogP contribution in [0.1, 0.15) is 0 Å². The molecule has 0 aliphatic carbocycles. The quantitative estimate of drug-likeness (QED) is 0.832. The van der Waals surface area contributed by atoms with Crippen LogP contribution in [0.3, 0.4) is 0 Å². The van der Waals surface area contributed by atoms with E-state index in [0.717, 1.165) is 4.90 Å². The maximum Gasteiger partial charge on any atom is 0.243 e. The van der Waals surface area contributed by atoms with Crippen molar-refractivity contribution < 1.29 is 13.5 Å². The van der Waals surface area contributed by atoms with Gasteiger partial charge >= 0.3 is 0 Å². The average molecular weight is 273 g/mol. The Morgan fingerprint density at radius 1 is 1.47 bits per heavy atom. The number of hydrogen-bond donors (Lipinski definition) is 1. The summed E-state index contributed by atoms with van der Waals surface area (Å²) in [5.74, 6) is 0.0912. The zero-order chi connectivity index (χ0) is 12.5. The molecule has 1 aromatic carbocycles. The Bertz CT molecular complexity index is 495. The van der Waals surface area contributed by atoms with Gasteiger partial charge in [-0.25, -0.2) is 8.42 Å². The molecule has 1 aliphatic heterocycles. The van der Waals surface area contributed by atoms with Gasteiger partial charge in [-0.05, 0) is 24.5 Å². The van der Waals surface area contributed by atoms with Crippen molar-refractivity contribution in [3.63, 3.8) is 0 Å². The number of aliphatic hydroxyl groups excluding tert-OH is 1. The molecule has 0 amide bonds. The van der Waals surface area contributed by atoms with Crippen molar-refractivity contribution in [3.05, 3.63) is 24.3 Å². The average Bonchev–Trinajstić information content (AvgIpc) is 2.27. The first-order valence-electron chi connectivity index (χ1n) is 5.33. The SMILES string of the molecule is CSc1cccc(S(=O)(=O)N2CC(CO)C2)c1. The second-order valence-electron chi connectivity index (χ2n) is 4.05. The maximum atomic E-state index is 12.2. The Hall–Kier alpha value is -0.560. The summed E-state index contributed by atoms with van der Waals surface area (Å²) >= 11 is 1.52. The topological polar surface area (TPSA) is 57.6 Å². The van der Waals surface area contributed by atoms with Gasteiger partial charge in [-0.1, -0.05) is 6.07 Å². The lowest BCUT2D eigenvalue weighted by molar-refractivity contribution is 0.117. The summed E-state index contributed by atoms with van der Waals surface area (Å²) < 4.78 is 25.8. The number of hydrogen-bond acceptors (Lipinski definition) is 4. The predicted molar refractivity (Wildman–Crippen MR) is 67.6 cm³/mol. The number of rotatable bonds is 4. The normalized spacial score (nSPS) is 18.0. The lowest BCUT2D eigenvalue weighted by Crippen LogP contribution is -2.51. The second kappa shape index (κ2) is 4.97. The first kappa shape index (κ1) is 12.9. The molecule has 1 fully saturated rings. The predicted octanol–water partition coefficient (Wildman–Crippen LogP) is 1.02. The monoisotopic (exact) mass is 273 g/mol. The first-order chi connectivity index (χ1) is 8.07. The second-order valence-corrected chi connectivity index (χ2v) is 6.87. The highest BCUT2D eigenvalue weighted by Gasteiger charge is 2.36. The molecule has 4 nitrogen and oxygen atoms in total. The minimum absolute atomic E-state index is 0.0525. The van der Waals surface area contributed by atoms with Crippen LogP contribution in [-0.4, -0.2) is 43.8 Å². The third-order valence-electron chi connectivity index (χ3n) is 2.86. The molecule has 0 spiro atoms. The summed E-state index contributed by atoms with van der Waals surface area (Å²) in [5, 5.41) is 8.90. The molecule has 1 saturated heterocycles. The molecule has 1 heterocycles. The van der Waals surface area contributed by atoms with E-state index in [1.54, 1.807) is 18.2 Å². The molecular weight excluding hydrogens is 258 g/mol. The Morgan fingerprint density at radius 2 is 2.18 bits per heavy atom. The van der Waals surface area contributed by atoms with Crippen molar-refractivity contribution in [3.8, 4) is 0 Å². The summed E-state index contributed by atoms with van der Waals surface area (Å²) in [6.45, 7) is 0.890. The lowest BCUT2D eigenvalue weighted by atomic mass is 10.1. The molecule has 1 N–H and O–H groups in total. The van der Waals surface area contributed by atoms with E-state index in [-0.39, 0.29) is 12.5 Å². The van der Waals surface area contributed by atoms with E-state index < -0.39 is 10.0 Å². The molecule has 2 rings (SSSR count). The van der Waals surface area contributed by atoms with Gasteiger partial charge in [-0.15, -0.1) is 11.8 Å². The Kier molecular flexibility index (Phi) is 3.77. The van der Waals surface area contributed by atoms with E-state index in [0.29, 0.717) is 18.0 Å². The molecule has 0 aromatic heterocycles. The highest BCUT2D eigenvalue weighted by molar-refractivity contribution is 7.98. The molecule has 94 valence electrons. The molecule has 6 heteroatoms. The van der Waals surface area contributed by atoms with E-state index in [1.807, 2.05) is 12.3 Å². The van der Waals surface area contributed by atoms with Crippen molar-refractivity contribution >= 4 is 21.8 Å². The molecule has 0 atom stereocenters. The third kappa shape index (κ3) is 2.49. The van der Waals surface area contributed by atoms with Crippen LogP contribution in [0.4, 0.5) is 0 Å². The lowest BCUT2D eigenvalue weighted by Gasteiger charge is -2.36. The Balaban J connectivity index is 2.21. The van der Waals surface area contributed by atoms with Gasteiger partial charge in [-0.2, -0.15) is 4.31 Å². The van der Waals surface area contributed by atoms with E-state index in [9.17, 15) is 8.42 Å². The summed E-state index contributed by atoms with van der Waals surface area (Å²) in [5.41, 5.74) is 0. The molecule has 1 aliphatic rings. The van der Waals surface area contributed by atoms with Crippen LogP contribution in [-0.2, 0) is 10.0 Å². The van der Waals surface area contributed by atoms with Crippen LogP contribution in [0, 0.1) is 5.92 Å². The van der Waals surface area contributed by atoms with Crippen LogP contribution >= 0.6 is 11.8 Å². The Morgan fingerprint density at radius 3 is 2.76 bits per heavy atom. The largest absolute Gasteiger partial charge is 0.396 e. The Labute approximate surface area is 106 Å². The van der Waals surface area contributed by atoms with Crippen LogP contribution in [0.15, 0.2) is 34.1 Å². The van der Waals surface area contributed by atoms with Crippen molar-refractivity contribution in [2.75, 3.05) is 26.0 Å². The van der Waals surface area contributed by atoms with Crippen molar-refractivity contribution in [2.24, 2.45) is 5.92 Å². The number of nitrogens with zero attached hydrogens (tertiary/aromatic N) is 1. The maximum absolute atomic E-state index is 12.2. The van der Waals surface area contributed by atoms with Crippen molar-refractivity contribution in [2.45, 2.75) is 9.79 Å². The zero-order valence-electron chi connectivity index (χ0n) is 9.54. The standard InChI is InChI=1S/C11H15NO3S2/c1-16-10-3-2-4-11(5-10)17(14,15)12-6-9(7-12)8-13/h2-5,9,13H,6-8H2,1H3. The summed E-state index contributed by atoms with van der Waals surface area (Å²) in [4.78, 5) is 1.27. The number of sulfonamides is 1. The van der Waals surface area contributed by atoms with E-state index >= 15 is 0 Å².